The van der Waals surface area contributed by atoms with Gasteiger partial charge in [-0.1, -0.05) is 213 Å². The monoisotopic (exact) mass is 968 g/mol. The van der Waals surface area contributed by atoms with Crippen LogP contribution in [0.5, 0.6) is 5.75 Å². The topological polar surface area (TPSA) is 50.9 Å². The quantitative estimate of drug-likeness (QED) is 0.165. The molecule has 4 heteroatoms. The Bertz CT molecular complexity index is 3740. The van der Waals surface area contributed by atoms with Crippen molar-refractivity contribution >= 4 is 11.0 Å². The molecule has 0 atom stereocenters. The van der Waals surface area contributed by atoms with E-state index < -0.39 is 17.2 Å². The van der Waals surface area contributed by atoms with Gasteiger partial charge in [-0.15, -0.1) is 0 Å². The van der Waals surface area contributed by atoms with Gasteiger partial charge in [0.2, 0.25) is 0 Å². The zero-order valence-corrected chi connectivity index (χ0v) is 45.6. The van der Waals surface area contributed by atoms with E-state index in [1.807, 2.05) is 24.3 Å². The number of phenolic OH excluding ortho intramolecular Hbond substituents is 1. The van der Waals surface area contributed by atoms with Crippen molar-refractivity contribution in [1.82, 2.24) is 14.5 Å². The van der Waals surface area contributed by atoms with Crippen molar-refractivity contribution in [2.75, 3.05) is 0 Å². The lowest BCUT2D eigenvalue weighted by Gasteiger charge is -2.28. The van der Waals surface area contributed by atoms with E-state index in [2.05, 4.69) is 185 Å². The predicted octanol–water partition coefficient (Wildman–Crippen LogP) is 18.9. The maximum absolute atomic E-state index is 12.9. The summed E-state index contributed by atoms with van der Waals surface area (Å²) in [6.07, 6.45) is -0.472. The number of phenols is 1. The van der Waals surface area contributed by atoms with Gasteiger partial charge in [-0.3, -0.25) is 9.55 Å². The molecular formula is C69H75N3O. The number of hydrogen-bond donors (Lipinski definition) is 1. The van der Waals surface area contributed by atoms with E-state index >= 15 is 0 Å². The van der Waals surface area contributed by atoms with Gasteiger partial charge in [0.1, 0.15) is 11.6 Å². The molecule has 4 nitrogen and oxygen atoms in total. The number of para-hydroxylation sites is 1. The third-order valence-electron chi connectivity index (χ3n) is 13.6. The van der Waals surface area contributed by atoms with Gasteiger partial charge in [0, 0.05) is 36.8 Å². The number of hydrogen-bond acceptors (Lipinski definition) is 3. The minimum Gasteiger partial charge on any atom is -0.507 e. The summed E-state index contributed by atoms with van der Waals surface area (Å²) in [5.41, 5.74) is 11.9. The predicted molar refractivity (Wildman–Crippen MR) is 311 cm³/mol. The number of aromatic hydroxyl groups is 1. The van der Waals surface area contributed by atoms with Crippen LogP contribution in [0.15, 0.2) is 164 Å². The van der Waals surface area contributed by atoms with E-state index in [1.54, 1.807) is 20.8 Å². The Balaban J connectivity index is 1.40. The number of pyridine rings is 1. The lowest BCUT2D eigenvalue weighted by Crippen LogP contribution is -2.17. The highest BCUT2D eigenvalue weighted by molar-refractivity contribution is 6.00. The zero-order valence-electron chi connectivity index (χ0n) is 51.6. The van der Waals surface area contributed by atoms with Crippen LogP contribution < -0.4 is 0 Å². The second-order valence-corrected chi connectivity index (χ2v) is 24.8. The Morgan fingerprint density at radius 1 is 0.493 bits per heavy atom. The van der Waals surface area contributed by atoms with Gasteiger partial charge in [-0.05, 0) is 132 Å². The lowest BCUT2D eigenvalue weighted by molar-refractivity contribution is 0.411. The van der Waals surface area contributed by atoms with Crippen molar-refractivity contribution < 1.29 is 13.3 Å². The van der Waals surface area contributed by atoms with Crippen LogP contribution in [-0.4, -0.2) is 19.6 Å². The maximum Gasteiger partial charge on any atom is 0.149 e. The molecule has 73 heavy (non-hydrogen) atoms. The number of nitrogens with zero attached hydrogens (tertiary/aromatic N) is 3. The maximum atomic E-state index is 12.9. The third kappa shape index (κ3) is 10.6. The molecule has 0 amide bonds. The van der Waals surface area contributed by atoms with Crippen LogP contribution in [0.3, 0.4) is 0 Å². The highest BCUT2D eigenvalue weighted by Crippen LogP contribution is 2.48. The molecule has 0 radical (unpaired) electrons. The van der Waals surface area contributed by atoms with Gasteiger partial charge in [-0.25, -0.2) is 4.98 Å². The van der Waals surface area contributed by atoms with Crippen LogP contribution in [-0.2, 0) is 28.0 Å². The minimum atomic E-state index is -1.85. The molecule has 7 aromatic carbocycles. The Kier molecular flexibility index (Phi) is 11.2. The van der Waals surface area contributed by atoms with Crippen molar-refractivity contribution in [3.05, 3.63) is 192 Å². The molecule has 0 aliphatic heterocycles. The molecule has 0 fully saturated rings. The molecule has 0 unspecified atom stereocenters. The first-order chi connectivity index (χ1) is 36.7. The molecule has 372 valence electrons. The van der Waals surface area contributed by atoms with Gasteiger partial charge >= 0.3 is 0 Å². The number of rotatable bonds is 8. The lowest BCUT2D eigenvalue weighted by atomic mass is 9.78. The van der Waals surface area contributed by atoms with Crippen molar-refractivity contribution in [2.24, 2.45) is 5.41 Å². The van der Waals surface area contributed by atoms with E-state index in [-0.39, 0.29) is 68.5 Å². The highest BCUT2D eigenvalue weighted by Gasteiger charge is 2.31. The molecule has 0 saturated heterocycles. The number of imidazole rings is 1. The third-order valence-corrected chi connectivity index (χ3v) is 13.6. The molecule has 9 rings (SSSR count). The first-order valence-electron chi connectivity index (χ1n) is 28.6. The highest BCUT2D eigenvalue weighted by atomic mass is 16.3. The first-order valence-corrected chi connectivity index (χ1v) is 25.6. The number of fused-ring (bicyclic) bond motifs is 1. The molecule has 9 aromatic rings. The molecule has 2 heterocycles. The van der Waals surface area contributed by atoms with Gasteiger partial charge < -0.3 is 5.11 Å². The van der Waals surface area contributed by atoms with E-state index in [0.717, 1.165) is 61.3 Å². The Morgan fingerprint density at radius 3 is 1.58 bits per heavy atom. The summed E-state index contributed by atoms with van der Waals surface area (Å²) in [4.78, 5) is 10.5. The largest absolute Gasteiger partial charge is 0.507 e. The van der Waals surface area contributed by atoms with Gasteiger partial charge in [0.05, 0.1) is 33.5 Å². The summed E-state index contributed by atoms with van der Waals surface area (Å²) in [7, 11) is 0. The molecule has 0 bridgehead atoms. The van der Waals surface area contributed by atoms with Gasteiger partial charge in [0.15, 0.2) is 0 Å². The molecule has 0 saturated carbocycles. The van der Waals surface area contributed by atoms with Crippen molar-refractivity contribution in [3.8, 4) is 78.6 Å². The molecule has 0 aliphatic carbocycles. The fourth-order valence-corrected chi connectivity index (χ4v) is 9.55. The molecule has 0 spiro atoms. The van der Waals surface area contributed by atoms with E-state index in [9.17, 15) is 9.22 Å². The summed E-state index contributed by atoms with van der Waals surface area (Å²) in [6, 6.07) is 44.7. The SMILES string of the molecule is [2H]c1cc(C([2H])([2H])C(C)(C)C)cc([2H])c1-c1c([2H])cnc(-c2cc(-c3cccc4c3nc(-c3cc(C(C)(C)C)cc(C(C)(C)C)c3O)n4-c3c(-c4ccccc4)cc(C(C)(C)C)cc3-c3ccccc3)cc(C(C)(C)C)c2)c1[2H]. The molecule has 2 aromatic heterocycles. The average Bonchev–Trinajstić information content (AvgIpc) is 4.02. The molecule has 0 aliphatic rings. The van der Waals surface area contributed by atoms with Gasteiger partial charge in [0.25, 0.3) is 0 Å². The smallest absolute Gasteiger partial charge is 0.149 e. The summed E-state index contributed by atoms with van der Waals surface area (Å²) in [5, 5.41) is 12.9. The fraction of sp³-hybridized carbons (Fsp3) is 0.304. The van der Waals surface area contributed by atoms with Crippen LogP contribution in [0.25, 0.3) is 83.9 Å². The molecular weight excluding hydrogens is 887 g/mol. The minimum absolute atomic E-state index is 0.0795. The fourth-order valence-electron chi connectivity index (χ4n) is 9.55. The van der Waals surface area contributed by atoms with Crippen LogP contribution >= 0.6 is 0 Å². The second-order valence-electron chi connectivity index (χ2n) is 24.8. The van der Waals surface area contributed by atoms with Crippen LogP contribution in [0.1, 0.15) is 140 Å². The van der Waals surface area contributed by atoms with Crippen molar-refractivity contribution in [2.45, 2.75) is 132 Å². The van der Waals surface area contributed by atoms with E-state index in [0.29, 0.717) is 22.5 Å². The summed E-state index contributed by atoms with van der Waals surface area (Å²) >= 11 is 0. The average molecular weight is 968 g/mol. The van der Waals surface area contributed by atoms with Crippen LogP contribution in [0.4, 0.5) is 0 Å². The second kappa shape index (κ2) is 18.8. The Hall–Kier alpha value is -7.04. The van der Waals surface area contributed by atoms with Crippen molar-refractivity contribution in [1.29, 1.82) is 0 Å². The summed E-state index contributed by atoms with van der Waals surface area (Å²) < 4.78 is 57.4. The number of benzene rings is 7. The Labute approximate surface area is 444 Å². The first kappa shape index (κ1) is 43.5. The normalized spacial score (nSPS) is 14.1. The summed E-state index contributed by atoms with van der Waals surface area (Å²) in [5.74, 6) is 0.743. The summed E-state index contributed by atoms with van der Waals surface area (Å²) in [6.45, 7) is 31.5. The number of aromatic nitrogens is 3. The van der Waals surface area contributed by atoms with Crippen LogP contribution in [0.2, 0.25) is 0 Å². The standard InChI is InChI=1S/C69H75N3O/c1-65(2,3)43-44-29-31-45(32-30-44)48-33-34-70-59(38-48)50-35-49(36-51(37-50)66(4,5)6)54-27-22-28-60-61(54)71-64(57-41-53(68(10,11)12)42-58(63(57)73)69(13,14)15)72(60)62-55(46-23-18-16-19-24-46)39-52(67(7,8)9)40-56(62)47-25-20-17-21-26-47/h16-42,73H,43H2,1-15H3/i31D,32D,33D,38D,43D2. The Morgan fingerprint density at radius 2 is 1.03 bits per heavy atom. The zero-order chi connectivity index (χ0) is 57.7. The van der Waals surface area contributed by atoms with E-state index in [1.165, 1.54) is 23.9 Å². The van der Waals surface area contributed by atoms with E-state index in [4.69, 9.17) is 14.1 Å². The van der Waals surface area contributed by atoms with Gasteiger partial charge in [-0.2, -0.15) is 0 Å². The van der Waals surface area contributed by atoms with Crippen LogP contribution in [0, 0.1) is 5.41 Å². The molecule has 1 N–H and O–H groups in total. The van der Waals surface area contributed by atoms with Crippen molar-refractivity contribution in [3.63, 3.8) is 0 Å².